The van der Waals surface area contributed by atoms with Crippen LogP contribution in [0.5, 0.6) is 28.7 Å². The smallest absolute Gasteiger partial charge is 0.239 e. The standard InChI is InChI=1S/C27H30O16/c1-38-14-4-9(2-3-11(14)29)24-25(20(34)17-12(30)5-10(28)6-15(17)41-24)43-27-23(37)21(35)19(33)16(42-27)8-40-26-22(36)18(32)13(31)7-39-26/h2-6,13,16,18-19,21-23,26-33,35-37H,7-8H2,1H3/t13-,16?,18-,19+,21?,22?,23?,26-,27-/m0/s1. The summed E-state index contributed by atoms with van der Waals surface area (Å²) in [4.78, 5) is 13.6. The quantitative estimate of drug-likeness (QED) is 0.143. The summed E-state index contributed by atoms with van der Waals surface area (Å²) in [5, 5.41) is 91.3. The number of aliphatic hydroxyl groups is 6. The van der Waals surface area contributed by atoms with Crippen LogP contribution in [0.25, 0.3) is 22.3 Å². The molecular weight excluding hydrogens is 580 g/mol. The number of hydrogen-bond donors (Lipinski definition) is 9. The van der Waals surface area contributed by atoms with Crippen LogP contribution in [0, 0.1) is 0 Å². The van der Waals surface area contributed by atoms with Crippen LogP contribution in [0.4, 0.5) is 0 Å². The molecule has 3 aromatic rings. The minimum atomic E-state index is -1.94. The fourth-order valence-corrected chi connectivity index (χ4v) is 4.77. The van der Waals surface area contributed by atoms with Crippen molar-refractivity contribution in [2.24, 2.45) is 0 Å². The molecule has 2 saturated heterocycles. The van der Waals surface area contributed by atoms with Crippen molar-refractivity contribution < 1.29 is 74.1 Å². The lowest BCUT2D eigenvalue weighted by atomic mass is 9.99. The van der Waals surface area contributed by atoms with Crippen LogP contribution in [-0.4, -0.2) is 122 Å². The molecule has 2 aliphatic heterocycles. The highest BCUT2D eigenvalue weighted by molar-refractivity contribution is 5.88. The van der Waals surface area contributed by atoms with Crippen LogP contribution < -0.4 is 14.9 Å². The highest BCUT2D eigenvalue weighted by Gasteiger charge is 2.47. The summed E-state index contributed by atoms with van der Waals surface area (Å²) in [6, 6.07) is 5.83. The van der Waals surface area contributed by atoms with Crippen LogP contribution >= 0.6 is 0 Å². The average molecular weight is 611 g/mol. The molecule has 0 amide bonds. The van der Waals surface area contributed by atoms with Gasteiger partial charge in [-0.05, 0) is 18.2 Å². The Labute approximate surface area is 241 Å². The second-order valence-electron chi connectivity index (χ2n) is 10.0. The third-order valence-corrected chi connectivity index (χ3v) is 7.14. The zero-order valence-electron chi connectivity index (χ0n) is 22.4. The zero-order chi connectivity index (χ0) is 31.2. The molecule has 3 heterocycles. The van der Waals surface area contributed by atoms with E-state index < -0.39 is 90.0 Å². The van der Waals surface area contributed by atoms with Crippen molar-refractivity contribution in [2.45, 2.75) is 55.3 Å². The third kappa shape index (κ3) is 5.79. The number of hydrogen-bond acceptors (Lipinski definition) is 16. The first-order valence-corrected chi connectivity index (χ1v) is 12.9. The fraction of sp³-hybridized carbons (Fsp3) is 0.444. The van der Waals surface area contributed by atoms with Gasteiger partial charge in [0.25, 0.3) is 0 Å². The Kier molecular flexibility index (Phi) is 8.66. The Morgan fingerprint density at radius 1 is 0.860 bits per heavy atom. The lowest BCUT2D eigenvalue weighted by Crippen LogP contribution is -2.61. The molecular formula is C27H30O16. The topological polar surface area (TPSA) is 258 Å². The fourth-order valence-electron chi connectivity index (χ4n) is 4.77. The molecule has 2 fully saturated rings. The minimum Gasteiger partial charge on any atom is -0.508 e. The van der Waals surface area contributed by atoms with Crippen molar-refractivity contribution >= 4 is 11.0 Å². The predicted molar refractivity (Wildman–Crippen MR) is 140 cm³/mol. The van der Waals surface area contributed by atoms with Crippen molar-refractivity contribution in [1.29, 1.82) is 0 Å². The van der Waals surface area contributed by atoms with E-state index in [1.165, 1.54) is 25.3 Å². The van der Waals surface area contributed by atoms with Gasteiger partial charge in [0, 0.05) is 17.7 Å². The van der Waals surface area contributed by atoms with E-state index in [-0.39, 0.29) is 35.0 Å². The lowest BCUT2D eigenvalue weighted by Gasteiger charge is -2.41. The van der Waals surface area contributed by atoms with Gasteiger partial charge in [-0.15, -0.1) is 0 Å². The van der Waals surface area contributed by atoms with E-state index in [0.717, 1.165) is 12.1 Å². The van der Waals surface area contributed by atoms with Gasteiger partial charge in [0.15, 0.2) is 23.5 Å². The summed E-state index contributed by atoms with van der Waals surface area (Å²) >= 11 is 0. The molecule has 9 atom stereocenters. The summed E-state index contributed by atoms with van der Waals surface area (Å²) < 4.78 is 32.9. The molecule has 0 radical (unpaired) electrons. The molecule has 9 N–H and O–H groups in total. The van der Waals surface area contributed by atoms with Gasteiger partial charge in [-0.2, -0.15) is 0 Å². The van der Waals surface area contributed by atoms with E-state index >= 15 is 0 Å². The number of aromatic hydroxyl groups is 3. The second-order valence-corrected chi connectivity index (χ2v) is 10.0. The monoisotopic (exact) mass is 610 g/mol. The van der Waals surface area contributed by atoms with Crippen LogP contribution in [0.1, 0.15) is 0 Å². The number of benzene rings is 2. The summed E-state index contributed by atoms with van der Waals surface area (Å²) in [5.74, 6) is -2.27. The van der Waals surface area contributed by atoms with Crippen molar-refractivity contribution in [3.8, 4) is 40.1 Å². The molecule has 0 bridgehead atoms. The maximum absolute atomic E-state index is 13.6. The molecule has 234 valence electrons. The van der Waals surface area contributed by atoms with Gasteiger partial charge in [-0.3, -0.25) is 4.79 Å². The molecule has 0 spiro atoms. The van der Waals surface area contributed by atoms with Gasteiger partial charge < -0.3 is 74.1 Å². The Balaban J connectivity index is 1.49. The summed E-state index contributed by atoms with van der Waals surface area (Å²) in [6.07, 6.45) is -14.9. The van der Waals surface area contributed by atoms with Crippen LogP contribution in [0.15, 0.2) is 39.5 Å². The molecule has 1 aromatic heterocycles. The SMILES string of the molecule is COc1cc(-c2oc3cc(O)cc(O)c3c(=O)c2O[C@@H]2OC(CO[C@@H]3OC[C@H](O)[C@H](O)C3O)[C@@H](O)C(O)C2O)ccc1O. The highest BCUT2D eigenvalue weighted by atomic mass is 16.7. The van der Waals surface area contributed by atoms with Gasteiger partial charge in [0.05, 0.1) is 20.3 Å². The molecule has 2 aromatic carbocycles. The summed E-state index contributed by atoms with van der Waals surface area (Å²) in [6.45, 7) is -0.943. The Hall–Kier alpha value is -3.71. The van der Waals surface area contributed by atoms with Crippen molar-refractivity contribution in [3.05, 3.63) is 40.6 Å². The molecule has 4 unspecified atom stereocenters. The Morgan fingerprint density at radius 3 is 2.30 bits per heavy atom. The van der Waals surface area contributed by atoms with E-state index in [4.69, 9.17) is 28.1 Å². The van der Waals surface area contributed by atoms with Gasteiger partial charge in [-0.25, -0.2) is 0 Å². The molecule has 0 saturated carbocycles. The lowest BCUT2D eigenvalue weighted by molar-refractivity contribution is -0.307. The molecule has 16 nitrogen and oxygen atoms in total. The van der Waals surface area contributed by atoms with E-state index in [1.807, 2.05) is 0 Å². The number of ether oxygens (including phenoxy) is 5. The van der Waals surface area contributed by atoms with E-state index in [1.54, 1.807) is 0 Å². The third-order valence-electron chi connectivity index (χ3n) is 7.14. The highest BCUT2D eigenvalue weighted by Crippen LogP contribution is 2.39. The van der Waals surface area contributed by atoms with Gasteiger partial charge in [0.2, 0.25) is 17.5 Å². The molecule has 16 heteroatoms. The number of rotatable bonds is 7. The first kappa shape index (κ1) is 30.7. The Morgan fingerprint density at radius 2 is 1.58 bits per heavy atom. The zero-order valence-corrected chi connectivity index (χ0v) is 22.4. The normalized spacial score (nSPS) is 31.2. The van der Waals surface area contributed by atoms with Crippen LogP contribution in [0.3, 0.4) is 0 Å². The molecule has 43 heavy (non-hydrogen) atoms. The van der Waals surface area contributed by atoms with Crippen molar-refractivity contribution in [1.82, 2.24) is 0 Å². The number of fused-ring (bicyclic) bond motifs is 1. The minimum absolute atomic E-state index is 0.0144. The van der Waals surface area contributed by atoms with Crippen molar-refractivity contribution in [3.63, 3.8) is 0 Å². The first-order valence-electron chi connectivity index (χ1n) is 12.9. The number of methoxy groups -OCH3 is 1. The molecule has 0 aliphatic carbocycles. The maximum Gasteiger partial charge on any atom is 0.239 e. The maximum atomic E-state index is 13.6. The number of phenolic OH excluding ortho intramolecular Hbond substituents is 3. The van der Waals surface area contributed by atoms with E-state index in [9.17, 15) is 50.8 Å². The summed E-state index contributed by atoms with van der Waals surface area (Å²) in [5.41, 5.74) is -1.11. The van der Waals surface area contributed by atoms with E-state index in [2.05, 4.69) is 0 Å². The van der Waals surface area contributed by atoms with Gasteiger partial charge >= 0.3 is 0 Å². The van der Waals surface area contributed by atoms with Crippen LogP contribution in [0.2, 0.25) is 0 Å². The average Bonchev–Trinajstić information content (AvgIpc) is 2.97. The van der Waals surface area contributed by atoms with Gasteiger partial charge in [-0.1, -0.05) is 0 Å². The second kappa shape index (κ2) is 12.1. The van der Waals surface area contributed by atoms with Crippen LogP contribution in [-0.2, 0) is 14.2 Å². The van der Waals surface area contributed by atoms with E-state index in [0.29, 0.717) is 0 Å². The summed E-state index contributed by atoms with van der Waals surface area (Å²) in [7, 11) is 1.28. The largest absolute Gasteiger partial charge is 0.508 e. The van der Waals surface area contributed by atoms with Gasteiger partial charge in [0.1, 0.15) is 65.2 Å². The first-order chi connectivity index (χ1) is 20.4. The number of phenols is 3. The molecule has 2 aliphatic rings. The van der Waals surface area contributed by atoms with Crippen molar-refractivity contribution in [2.75, 3.05) is 20.3 Å². The predicted octanol–water partition coefficient (Wildman–Crippen LogP) is -1.77. The number of aliphatic hydroxyl groups excluding tert-OH is 6. The molecule has 5 rings (SSSR count). The Bertz CT molecular complexity index is 1520.